The van der Waals surface area contributed by atoms with Crippen LogP contribution in [0.25, 0.3) is 0 Å². The summed E-state index contributed by atoms with van der Waals surface area (Å²) in [5.74, 6) is -0.326. The molecule has 0 radical (unpaired) electrons. The highest BCUT2D eigenvalue weighted by Gasteiger charge is 2.37. The number of likely N-dealkylation sites (N-methyl/N-ethyl adjacent to an activating group) is 1. The van der Waals surface area contributed by atoms with Crippen LogP contribution in [0.2, 0.25) is 0 Å². The van der Waals surface area contributed by atoms with E-state index in [2.05, 4.69) is 22.0 Å². The van der Waals surface area contributed by atoms with Crippen molar-refractivity contribution in [2.45, 2.75) is 13.1 Å². The lowest BCUT2D eigenvalue weighted by Gasteiger charge is -2.13. The van der Waals surface area contributed by atoms with Crippen LogP contribution in [0.1, 0.15) is 6.92 Å². The van der Waals surface area contributed by atoms with E-state index >= 15 is 0 Å². The predicted molar refractivity (Wildman–Crippen MR) is 55.5 cm³/mol. The third-order valence-corrected chi connectivity index (χ3v) is 1.46. The zero-order chi connectivity index (χ0) is 11.9. The summed E-state index contributed by atoms with van der Waals surface area (Å²) >= 11 is 5.26. The topological polar surface area (TPSA) is 36.8 Å². The second-order valence-corrected chi connectivity index (χ2v) is 2.62. The van der Waals surface area contributed by atoms with Crippen molar-refractivity contribution in [3.8, 4) is 0 Å². The van der Waals surface area contributed by atoms with E-state index in [1.54, 1.807) is 6.92 Å². The van der Waals surface area contributed by atoms with Crippen molar-refractivity contribution in [1.29, 1.82) is 0 Å². The first-order chi connectivity index (χ1) is 6.97. The Morgan fingerprint density at radius 2 is 2.13 bits per heavy atom. The minimum Gasteiger partial charge on any atom is -0.370 e. The van der Waals surface area contributed by atoms with Gasteiger partial charge in [0, 0.05) is 12.7 Å². The molecular formula is C8H11ClF3N3. The van der Waals surface area contributed by atoms with E-state index in [1.165, 1.54) is 0 Å². The maximum absolute atomic E-state index is 12.5. The Labute approximate surface area is 90.7 Å². The van der Waals surface area contributed by atoms with Crippen molar-refractivity contribution in [3.63, 3.8) is 0 Å². The van der Waals surface area contributed by atoms with Crippen LogP contribution in [-0.2, 0) is 0 Å². The maximum atomic E-state index is 12.5. The molecule has 0 aromatic heterocycles. The quantitative estimate of drug-likeness (QED) is 0.349. The third-order valence-electron chi connectivity index (χ3n) is 1.34. The van der Waals surface area contributed by atoms with Crippen LogP contribution in [0, 0.1) is 0 Å². The highest BCUT2D eigenvalue weighted by molar-refractivity contribution is 6.18. The molecule has 0 spiro atoms. The van der Waals surface area contributed by atoms with Crippen molar-refractivity contribution in [2.24, 2.45) is 9.98 Å². The SMILES string of the molecule is C=N/C=C(\C(=NCCl)NCC)C(F)(F)F. The smallest absolute Gasteiger partial charge is 0.370 e. The average Bonchev–Trinajstić information content (AvgIpc) is 2.12. The van der Waals surface area contributed by atoms with E-state index in [9.17, 15) is 13.2 Å². The number of halogens is 4. The minimum atomic E-state index is -4.53. The number of alkyl halides is 4. The molecule has 0 aromatic rings. The van der Waals surface area contributed by atoms with Gasteiger partial charge < -0.3 is 5.32 Å². The lowest BCUT2D eigenvalue weighted by atomic mass is 10.2. The fraction of sp³-hybridized carbons (Fsp3) is 0.500. The predicted octanol–water partition coefficient (Wildman–Crippen LogP) is 2.34. The van der Waals surface area contributed by atoms with Gasteiger partial charge in [0.2, 0.25) is 0 Å². The summed E-state index contributed by atoms with van der Waals surface area (Å²) in [6, 6.07) is -0.257. The summed E-state index contributed by atoms with van der Waals surface area (Å²) in [7, 11) is 0. The Morgan fingerprint density at radius 3 is 2.47 bits per heavy atom. The monoisotopic (exact) mass is 241 g/mol. The largest absolute Gasteiger partial charge is 0.421 e. The number of nitrogens with one attached hydrogen (secondary N) is 1. The zero-order valence-electron chi connectivity index (χ0n) is 8.10. The molecule has 0 atom stereocenters. The highest BCUT2D eigenvalue weighted by Crippen LogP contribution is 2.26. The van der Waals surface area contributed by atoms with Crippen LogP contribution in [0.15, 0.2) is 21.8 Å². The molecule has 0 aliphatic heterocycles. The Hall–Kier alpha value is -1.04. The van der Waals surface area contributed by atoms with Crippen LogP contribution < -0.4 is 5.32 Å². The standard InChI is InChI=1S/C8H11ClF3N3/c1-3-14-7(15-5-9)6(4-13-2)8(10,11)12/h4H,2-3,5H2,1H3,(H,14,15)/b6-4+. The Kier molecular flexibility index (Phi) is 6.00. The average molecular weight is 242 g/mol. The van der Waals surface area contributed by atoms with E-state index in [-0.39, 0.29) is 11.8 Å². The number of hydrogen-bond donors (Lipinski definition) is 1. The fourth-order valence-electron chi connectivity index (χ4n) is 0.823. The van der Waals surface area contributed by atoms with Gasteiger partial charge in [0.15, 0.2) is 0 Å². The second kappa shape index (κ2) is 6.44. The molecule has 3 nitrogen and oxygen atoms in total. The van der Waals surface area contributed by atoms with Gasteiger partial charge in [-0.3, -0.25) is 9.98 Å². The van der Waals surface area contributed by atoms with Gasteiger partial charge in [0.1, 0.15) is 17.4 Å². The van der Waals surface area contributed by atoms with Gasteiger partial charge in [0.05, 0.1) is 0 Å². The van der Waals surface area contributed by atoms with E-state index in [0.717, 1.165) is 0 Å². The molecule has 0 aromatic carbocycles. The first kappa shape index (κ1) is 14.0. The molecule has 0 unspecified atom stereocenters. The summed E-state index contributed by atoms with van der Waals surface area (Å²) in [4.78, 5) is 6.59. The normalized spacial score (nSPS) is 13.9. The third kappa shape index (κ3) is 4.83. The van der Waals surface area contributed by atoms with Gasteiger partial charge >= 0.3 is 6.18 Å². The second-order valence-electron chi connectivity index (χ2n) is 2.38. The molecule has 0 rings (SSSR count). The number of rotatable bonds is 4. The van der Waals surface area contributed by atoms with Crippen LogP contribution in [0.5, 0.6) is 0 Å². The molecular weight excluding hydrogens is 231 g/mol. The molecule has 0 bridgehead atoms. The van der Waals surface area contributed by atoms with Gasteiger partial charge in [0.25, 0.3) is 0 Å². The molecule has 15 heavy (non-hydrogen) atoms. The molecule has 0 fully saturated rings. The number of nitrogens with zero attached hydrogens (tertiary/aromatic N) is 2. The van der Waals surface area contributed by atoms with Crippen molar-refractivity contribution >= 4 is 24.2 Å². The molecule has 7 heteroatoms. The molecule has 86 valence electrons. The van der Waals surface area contributed by atoms with E-state index in [1.807, 2.05) is 0 Å². The van der Waals surface area contributed by atoms with E-state index in [0.29, 0.717) is 12.7 Å². The summed E-state index contributed by atoms with van der Waals surface area (Å²) in [6.07, 6.45) is -3.93. The molecule has 1 N–H and O–H groups in total. The van der Waals surface area contributed by atoms with E-state index in [4.69, 9.17) is 11.6 Å². The van der Waals surface area contributed by atoms with Gasteiger partial charge in [-0.25, -0.2) is 0 Å². The summed E-state index contributed by atoms with van der Waals surface area (Å²) in [5.41, 5.74) is -0.986. The van der Waals surface area contributed by atoms with E-state index < -0.39 is 11.7 Å². The minimum absolute atomic E-state index is 0.257. The Bertz CT molecular complexity index is 271. The fourth-order valence-corrected chi connectivity index (χ4v) is 0.943. The van der Waals surface area contributed by atoms with Crippen LogP contribution >= 0.6 is 11.6 Å². The Balaban J connectivity index is 5.12. The van der Waals surface area contributed by atoms with Gasteiger partial charge in [-0.15, -0.1) is 11.6 Å². The summed E-state index contributed by atoms with van der Waals surface area (Å²) < 4.78 is 37.5. The van der Waals surface area contributed by atoms with Gasteiger partial charge in [-0.2, -0.15) is 13.2 Å². The number of aliphatic imine (C=N–C) groups is 2. The molecule has 0 saturated carbocycles. The molecule has 0 aliphatic carbocycles. The lowest BCUT2D eigenvalue weighted by Crippen LogP contribution is -2.32. The summed E-state index contributed by atoms with van der Waals surface area (Å²) in [5, 5.41) is 2.46. The summed E-state index contributed by atoms with van der Waals surface area (Å²) in [6.45, 7) is 4.93. The number of amidine groups is 1. The van der Waals surface area contributed by atoms with Gasteiger partial charge in [-0.1, -0.05) is 0 Å². The van der Waals surface area contributed by atoms with Crippen molar-refractivity contribution in [3.05, 3.63) is 11.8 Å². The molecule has 0 heterocycles. The molecule has 0 saturated heterocycles. The van der Waals surface area contributed by atoms with Crippen LogP contribution in [0.3, 0.4) is 0 Å². The first-order valence-corrected chi connectivity index (χ1v) is 4.58. The zero-order valence-corrected chi connectivity index (χ0v) is 8.86. The number of hydrogen-bond acceptors (Lipinski definition) is 2. The maximum Gasteiger partial charge on any atom is 0.421 e. The first-order valence-electron chi connectivity index (χ1n) is 4.05. The molecule has 0 aliphatic rings. The molecule has 0 amide bonds. The van der Waals surface area contributed by atoms with Crippen molar-refractivity contribution in [1.82, 2.24) is 5.32 Å². The van der Waals surface area contributed by atoms with Crippen LogP contribution in [-0.4, -0.2) is 31.3 Å². The van der Waals surface area contributed by atoms with Crippen LogP contribution in [0.4, 0.5) is 13.2 Å². The van der Waals surface area contributed by atoms with Crippen molar-refractivity contribution < 1.29 is 13.2 Å². The van der Waals surface area contributed by atoms with Gasteiger partial charge in [-0.05, 0) is 13.6 Å². The Morgan fingerprint density at radius 1 is 1.53 bits per heavy atom. The highest BCUT2D eigenvalue weighted by atomic mass is 35.5. The lowest BCUT2D eigenvalue weighted by molar-refractivity contribution is -0.0865. The van der Waals surface area contributed by atoms with Crippen molar-refractivity contribution in [2.75, 3.05) is 12.5 Å².